The molecule has 17 heavy (non-hydrogen) atoms. The van der Waals surface area contributed by atoms with E-state index >= 15 is 0 Å². The maximum atomic E-state index is 11.2. The van der Waals surface area contributed by atoms with Gasteiger partial charge in [-0.3, -0.25) is 0 Å². The second-order valence-electron chi connectivity index (χ2n) is 4.39. The summed E-state index contributed by atoms with van der Waals surface area (Å²) in [6, 6.07) is 1.82. The molecule has 1 rings (SSSR count). The number of hydrogen-bond donors (Lipinski definition) is 1. The van der Waals surface area contributed by atoms with Crippen LogP contribution in [0.4, 0.5) is 0 Å². The molecule has 1 atom stereocenters. The Bertz CT molecular complexity index is 418. The first-order valence-electron chi connectivity index (χ1n) is 5.80. The molecule has 3 nitrogen and oxygen atoms in total. The molecule has 0 saturated carbocycles. The molecule has 0 fully saturated rings. The number of carboxylic acids is 1. The van der Waals surface area contributed by atoms with E-state index in [1.165, 1.54) is 0 Å². The lowest BCUT2D eigenvalue weighted by molar-refractivity contribution is 0.0691. The highest BCUT2D eigenvalue weighted by Crippen LogP contribution is 2.26. The zero-order chi connectivity index (χ0) is 13.0. The molecule has 0 aliphatic heterocycles. The van der Waals surface area contributed by atoms with Crippen LogP contribution >= 0.6 is 11.8 Å². The van der Waals surface area contributed by atoms with Crippen LogP contribution in [-0.2, 0) is 0 Å². The van der Waals surface area contributed by atoms with Gasteiger partial charge in [0.2, 0.25) is 0 Å². The third-order valence-corrected chi connectivity index (χ3v) is 4.03. The number of hydrogen-bond acceptors (Lipinski definition) is 3. The largest absolute Gasteiger partial charge is 0.478 e. The van der Waals surface area contributed by atoms with Crippen LogP contribution in [0.2, 0.25) is 0 Å². The first-order chi connectivity index (χ1) is 7.95. The van der Waals surface area contributed by atoms with Crippen molar-refractivity contribution < 1.29 is 9.90 Å². The Morgan fingerprint density at radius 1 is 1.53 bits per heavy atom. The number of carbonyl (C=O) groups is 1. The number of carboxylic acid groups (broad SMARTS) is 1. The quantitative estimate of drug-likeness (QED) is 0.815. The third-order valence-electron chi connectivity index (χ3n) is 2.73. The highest BCUT2D eigenvalue weighted by molar-refractivity contribution is 7.99. The molecule has 0 aliphatic rings. The SMILES string of the molecule is CCC(C)CSc1nc(C)cc(C)c1C(=O)O. The van der Waals surface area contributed by atoms with Crippen LogP contribution in [0.25, 0.3) is 0 Å². The van der Waals surface area contributed by atoms with Crippen molar-refractivity contribution in [3.05, 3.63) is 22.9 Å². The van der Waals surface area contributed by atoms with Crippen molar-refractivity contribution in [1.29, 1.82) is 0 Å². The smallest absolute Gasteiger partial charge is 0.338 e. The number of aromatic carboxylic acids is 1. The van der Waals surface area contributed by atoms with Gasteiger partial charge in [-0.05, 0) is 31.4 Å². The molecule has 1 aromatic rings. The van der Waals surface area contributed by atoms with E-state index in [1.54, 1.807) is 11.8 Å². The fourth-order valence-electron chi connectivity index (χ4n) is 1.51. The van der Waals surface area contributed by atoms with Gasteiger partial charge >= 0.3 is 5.97 Å². The van der Waals surface area contributed by atoms with E-state index in [2.05, 4.69) is 18.8 Å². The molecule has 94 valence electrons. The van der Waals surface area contributed by atoms with Crippen molar-refractivity contribution in [1.82, 2.24) is 4.98 Å². The molecule has 0 aliphatic carbocycles. The fraction of sp³-hybridized carbons (Fsp3) is 0.538. The highest BCUT2D eigenvalue weighted by atomic mass is 32.2. The van der Waals surface area contributed by atoms with Gasteiger partial charge in [-0.1, -0.05) is 20.3 Å². The van der Waals surface area contributed by atoms with E-state index in [4.69, 9.17) is 0 Å². The van der Waals surface area contributed by atoms with Gasteiger partial charge in [-0.25, -0.2) is 9.78 Å². The minimum atomic E-state index is -0.887. The summed E-state index contributed by atoms with van der Waals surface area (Å²) in [5.74, 6) is 0.595. The van der Waals surface area contributed by atoms with Crippen LogP contribution in [0, 0.1) is 19.8 Å². The molecule has 0 radical (unpaired) electrons. The molecule has 0 saturated heterocycles. The molecule has 1 N–H and O–H groups in total. The van der Waals surface area contributed by atoms with Crippen LogP contribution in [-0.4, -0.2) is 21.8 Å². The van der Waals surface area contributed by atoms with Gasteiger partial charge in [-0.15, -0.1) is 11.8 Å². The molecular formula is C13H19NO2S. The molecule has 1 unspecified atom stereocenters. The Labute approximate surface area is 107 Å². The number of nitrogens with zero attached hydrogens (tertiary/aromatic N) is 1. The molecular weight excluding hydrogens is 234 g/mol. The average Bonchev–Trinajstić information content (AvgIpc) is 2.24. The van der Waals surface area contributed by atoms with Crippen molar-refractivity contribution in [2.75, 3.05) is 5.75 Å². The predicted molar refractivity (Wildman–Crippen MR) is 70.8 cm³/mol. The standard InChI is InChI=1S/C13H19NO2S/c1-5-8(2)7-17-12-11(13(15)16)9(3)6-10(4)14-12/h6,8H,5,7H2,1-4H3,(H,15,16). The van der Waals surface area contributed by atoms with Crippen LogP contribution in [0.5, 0.6) is 0 Å². The minimum absolute atomic E-state index is 0.351. The molecule has 0 aromatic carbocycles. The van der Waals surface area contributed by atoms with Crippen molar-refractivity contribution in [2.24, 2.45) is 5.92 Å². The van der Waals surface area contributed by atoms with E-state index in [0.29, 0.717) is 16.5 Å². The van der Waals surface area contributed by atoms with E-state index in [9.17, 15) is 9.90 Å². The summed E-state index contributed by atoms with van der Waals surface area (Å²) in [7, 11) is 0. The molecule has 0 amide bonds. The fourth-order valence-corrected chi connectivity index (χ4v) is 2.79. The van der Waals surface area contributed by atoms with Gasteiger partial charge < -0.3 is 5.11 Å². The Kier molecular flexibility index (Phi) is 5.00. The molecule has 1 aromatic heterocycles. The minimum Gasteiger partial charge on any atom is -0.478 e. The summed E-state index contributed by atoms with van der Waals surface area (Å²) < 4.78 is 0. The summed E-state index contributed by atoms with van der Waals surface area (Å²) in [4.78, 5) is 15.6. The van der Waals surface area contributed by atoms with Crippen molar-refractivity contribution in [3.63, 3.8) is 0 Å². The lowest BCUT2D eigenvalue weighted by atomic mass is 10.1. The predicted octanol–water partition coefficient (Wildman–Crippen LogP) is 3.53. The average molecular weight is 253 g/mol. The van der Waals surface area contributed by atoms with Crippen LogP contribution in [0.15, 0.2) is 11.1 Å². The van der Waals surface area contributed by atoms with E-state index < -0.39 is 5.97 Å². The monoisotopic (exact) mass is 253 g/mol. The van der Waals surface area contributed by atoms with Crippen molar-refractivity contribution >= 4 is 17.7 Å². The van der Waals surface area contributed by atoms with E-state index in [0.717, 1.165) is 23.4 Å². The lowest BCUT2D eigenvalue weighted by Crippen LogP contribution is -2.06. The van der Waals surface area contributed by atoms with Gasteiger partial charge in [0.25, 0.3) is 0 Å². The number of thioether (sulfide) groups is 1. The zero-order valence-corrected chi connectivity index (χ0v) is 11.6. The molecule has 4 heteroatoms. The molecule has 0 spiro atoms. The topological polar surface area (TPSA) is 50.2 Å². The van der Waals surface area contributed by atoms with Crippen LogP contribution in [0.3, 0.4) is 0 Å². The second kappa shape index (κ2) is 6.05. The van der Waals surface area contributed by atoms with E-state index in [1.807, 2.05) is 19.9 Å². The first kappa shape index (κ1) is 14.0. The summed E-state index contributed by atoms with van der Waals surface area (Å²) in [5, 5.41) is 9.85. The number of rotatable bonds is 5. The summed E-state index contributed by atoms with van der Waals surface area (Å²) >= 11 is 1.54. The lowest BCUT2D eigenvalue weighted by Gasteiger charge is -2.11. The maximum absolute atomic E-state index is 11.2. The number of aromatic nitrogens is 1. The molecule has 1 heterocycles. The summed E-state index contributed by atoms with van der Waals surface area (Å²) in [6.45, 7) is 8.02. The summed E-state index contributed by atoms with van der Waals surface area (Å²) in [6.07, 6.45) is 1.10. The van der Waals surface area contributed by atoms with Gasteiger partial charge in [0, 0.05) is 11.4 Å². The Morgan fingerprint density at radius 3 is 2.71 bits per heavy atom. The molecule has 0 bridgehead atoms. The van der Waals surface area contributed by atoms with E-state index in [-0.39, 0.29) is 0 Å². The van der Waals surface area contributed by atoms with Gasteiger partial charge in [0.1, 0.15) is 5.03 Å². The Morgan fingerprint density at radius 2 is 2.18 bits per heavy atom. The second-order valence-corrected chi connectivity index (χ2v) is 5.40. The van der Waals surface area contributed by atoms with Crippen LogP contribution in [0.1, 0.15) is 41.9 Å². The zero-order valence-electron chi connectivity index (χ0n) is 10.8. The number of pyridine rings is 1. The third kappa shape index (κ3) is 3.73. The van der Waals surface area contributed by atoms with Gasteiger partial charge in [-0.2, -0.15) is 0 Å². The Balaban J connectivity index is 3.00. The highest BCUT2D eigenvalue weighted by Gasteiger charge is 2.16. The van der Waals surface area contributed by atoms with Gasteiger partial charge in [0.15, 0.2) is 0 Å². The van der Waals surface area contributed by atoms with Crippen LogP contribution < -0.4 is 0 Å². The van der Waals surface area contributed by atoms with Gasteiger partial charge in [0.05, 0.1) is 5.56 Å². The van der Waals surface area contributed by atoms with Crippen molar-refractivity contribution in [2.45, 2.75) is 39.1 Å². The number of aryl methyl sites for hydroxylation is 2. The summed E-state index contributed by atoms with van der Waals surface area (Å²) in [5.41, 5.74) is 2.01. The van der Waals surface area contributed by atoms with Crippen molar-refractivity contribution in [3.8, 4) is 0 Å². The Hall–Kier alpha value is -1.03. The normalized spacial score (nSPS) is 12.5. The first-order valence-corrected chi connectivity index (χ1v) is 6.78. The maximum Gasteiger partial charge on any atom is 0.338 e.